The SMILES string of the molecule is O=C([O-])CCC(=O)OCCOC(=O)CCC(=O)[O-].O=C([O-])CCC(=O)OCCOC(=O)CCC(=O)[O-].[CH2]CCC.[CH2]CCC.[CH2]CCC.[CH2]CCC.[Sn+2].[Sn+2]. The number of carboxylic acids is 4. The molecule has 0 aromatic rings. The van der Waals surface area contributed by atoms with Crippen molar-refractivity contribution in [3.63, 3.8) is 0 Å². The summed E-state index contributed by atoms with van der Waals surface area (Å²) in [5, 5.41) is 40.0. The van der Waals surface area contributed by atoms with Gasteiger partial charge in [0.15, 0.2) is 0 Å². The summed E-state index contributed by atoms with van der Waals surface area (Å²) < 4.78 is 18.1. The van der Waals surface area contributed by atoms with Crippen LogP contribution in [0.15, 0.2) is 0 Å². The summed E-state index contributed by atoms with van der Waals surface area (Å²) in [5.74, 6) is -8.42. The van der Waals surface area contributed by atoms with E-state index in [-0.39, 0.29) is 99.9 Å². The molecule has 0 heterocycles. The summed E-state index contributed by atoms with van der Waals surface area (Å²) >= 11 is 0. The first-order chi connectivity index (χ1) is 24.5. The van der Waals surface area contributed by atoms with E-state index < -0.39 is 73.4 Å². The normalized spacial score (nSPS) is 8.59. The fourth-order valence-electron chi connectivity index (χ4n) is 1.73. The van der Waals surface area contributed by atoms with E-state index in [0.29, 0.717) is 0 Å². The largest absolute Gasteiger partial charge is 2.00 e. The Morgan fingerprint density at radius 2 is 0.481 bits per heavy atom. The molecule has 8 radical (unpaired) electrons. The number of hydrogen-bond acceptors (Lipinski definition) is 16. The van der Waals surface area contributed by atoms with E-state index in [2.05, 4.69) is 74.3 Å². The van der Waals surface area contributed by atoms with Crippen LogP contribution in [0.5, 0.6) is 0 Å². The molecule has 0 N–H and O–H groups in total. The zero-order chi connectivity index (χ0) is 41.6. The smallest absolute Gasteiger partial charge is 0.550 e. The van der Waals surface area contributed by atoms with Crippen LogP contribution in [0, 0.1) is 27.7 Å². The minimum absolute atomic E-state index is 0. The van der Waals surface area contributed by atoms with Crippen LogP contribution in [-0.4, -0.2) is 122 Å². The third-order valence-corrected chi connectivity index (χ3v) is 4.77. The summed E-state index contributed by atoms with van der Waals surface area (Å²) in [7, 11) is 0. The fraction of sp³-hybridized carbons (Fsp3) is 0.667. The van der Waals surface area contributed by atoms with Crippen molar-refractivity contribution >= 4 is 95.6 Å². The van der Waals surface area contributed by atoms with Crippen LogP contribution in [-0.2, 0) is 57.3 Å². The quantitative estimate of drug-likeness (QED) is 0.0598. The Labute approximate surface area is 356 Å². The second-order valence-corrected chi connectivity index (χ2v) is 9.78. The van der Waals surface area contributed by atoms with Crippen molar-refractivity contribution in [1.29, 1.82) is 0 Å². The Hall–Kier alpha value is -2.64. The number of ether oxygens (including phenoxy) is 4. The molecule has 0 aliphatic carbocycles. The first-order valence-corrected chi connectivity index (χ1v) is 17.1. The zero-order valence-corrected chi connectivity index (χ0v) is 38.2. The van der Waals surface area contributed by atoms with Gasteiger partial charge in [0.2, 0.25) is 0 Å². The maximum Gasteiger partial charge on any atom is 2.00 e. The van der Waals surface area contributed by atoms with Crippen molar-refractivity contribution in [3.05, 3.63) is 27.7 Å². The summed E-state index contributed by atoms with van der Waals surface area (Å²) in [6.07, 6.45) is 6.08. The molecule has 0 saturated carbocycles. The van der Waals surface area contributed by atoms with Crippen LogP contribution in [0.4, 0.5) is 0 Å². The Bertz CT molecular complexity index is 763. The van der Waals surface area contributed by atoms with E-state index in [1.165, 1.54) is 25.7 Å². The molecule has 0 aliphatic heterocycles. The molecule has 0 aromatic carbocycles. The fourth-order valence-corrected chi connectivity index (χ4v) is 1.73. The molecule has 0 aromatic heterocycles. The topological polar surface area (TPSA) is 266 Å². The second-order valence-electron chi connectivity index (χ2n) is 9.78. The van der Waals surface area contributed by atoms with E-state index >= 15 is 0 Å². The van der Waals surface area contributed by atoms with Gasteiger partial charge in [0, 0.05) is 23.9 Å². The third kappa shape index (κ3) is 92.3. The number of carbonyl (C=O) groups is 8. The molecule has 308 valence electrons. The van der Waals surface area contributed by atoms with Crippen molar-refractivity contribution in [2.24, 2.45) is 0 Å². The number of rotatable bonds is 22. The van der Waals surface area contributed by atoms with Gasteiger partial charge in [-0.3, -0.25) is 19.2 Å². The Balaban J connectivity index is -0.0000000908. The molecule has 0 amide bonds. The summed E-state index contributed by atoms with van der Waals surface area (Å²) in [6.45, 7) is 22.0. The summed E-state index contributed by atoms with van der Waals surface area (Å²) in [5.41, 5.74) is 0. The maximum absolute atomic E-state index is 10.9. The molecule has 0 unspecified atom stereocenters. The number of hydrogen-bond donors (Lipinski definition) is 0. The molecule has 0 aliphatic rings. The van der Waals surface area contributed by atoms with Gasteiger partial charge in [-0.25, -0.2) is 0 Å². The van der Waals surface area contributed by atoms with Crippen LogP contribution in [0.1, 0.15) is 130 Å². The molecule has 0 spiro atoms. The molecule has 0 fully saturated rings. The van der Waals surface area contributed by atoms with Gasteiger partial charge in [-0.2, -0.15) is 0 Å². The molecule has 0 rings (SSSR count). The van der Waals surface area contributed by atoms with Crippen molar-refractivity contribution < 1.29 is 77.7 Å². The van der Waals surface area contributed by atoms with E-state index in [4.69, 9.17) is 0 Å². The van der Waals surface area contributed by atoms with Crippen molar-refractivity contribution in [2.45, 2.75) is 130 Å². The van der Waals surface area contributed by atoms with Gasteiger partial charge in [0.1, 0.15) is 26.4 Å². The first-order valence-electron chi connectivity index (χ1n) is 17.1. The molecule has 0 saturated heterocycles. The average Bonchev–Trinajstić information content (AvgIpc) is 3.12. The average molecular weight is 986 g/mol. The van der Waals surface area contributed by atoms with Gasteiger partial charge in [-0.05, 0) is 25.7 Å². The summed E-state index contributed by atoms with van der Waals surface area (Å²) in [6, 6.07) is 0. The summed E-state index contributed by atoms with van der Waals surface area (Å²) in [4.78, 5) is 83.5. The van der Waals surface area contributed by atoms with E-state index in [1.807, 2.05) is 0 Å². The minimum Gasteiger partial charge on any atom is -0.550 e. The molecular formula is C36H60O16Sn2. The van der Waals surface area contributed by atoms with Crippen LogP contribution in [0.2, 0.25) is 0 Å². The van der Waals surface area contributed by atoms with Crippen LogP contribution < -0.4 is 20.4 Å². The number of unbranched alkanes of at least 4 members (excludes halogenated alkanes) is 4. The second kappa shape index (κ2) is 59.6. The Morgan fingerprint density at radius 3 is 0.574 bits per heavy atom. The van der Waals surface area contributed by atoms with Crippen molar-refractivity contribution in [2.75, 3.05) is 26.4 Å². The first kappa shape index (κ1) is 69.3. The molecular weight excluding hydrogens is 926 g/mol. The standard InChI is InChI=1S/2C10H14O8.4C4H9.2Sn/c2*11-7(12)1-3-9(15)17-5-6-18-10(16)4-2-8(13)14;4*1-3-4-2;;/h2*1-6H2,(H,11,12)(H,13,14);4*1,3-4H2,2H3;;/q;;;;;;2*+2/p-4. The number of carbonyl (C=O) groups excluding carboxylic acids is 8. The van der Waals surface area contributed by atoms with Crippen molar-refractivity contribution in [3.8, 4) is 0 Å². The van der Waals surface area contributed by atoms with Crippen LogP contribution >= 0.6 is 0 Å². The monoisotopic (exact) mass is 988 g/mol. The van der Waals surface area contributed by atoms with Gasteiger partial charge in [-0.1, -0.05) is 107 Å². The van der Waals surface area contributed by atoms with E-state index in [9.17, 15) is 58.8 Å². The van der Waals surface area contributed by atoms with Gasteiger partial charge in [0.05, 0.1) is 25.7 Å². The molecule has 0 bridgehead atoms. The molecule has 18 heteroatoms. The number of carboxylic acid groups (broad SMARTS) is 4. The molecule has 54 heavy (non-hydrogen) atoms. The van der Waals surface area contributed by atoms with Crippen LogP contribution in [0.3, 0.4) is 0 Å². The third-order valence-electron chi connectivity index (χ3n) is 4.77. The van der Waals surface area contributed by atoms with Crippen LogP contribution in [0.25, 0.3) is 0 Å². The van der Waals surface area contributed by atoms with E-state index in [0.717, 1.165) is 25.7 Å². The number of aliphatic carboxylic acids is 4. The molecule has 0 atom stereocenters. The molecule has 16 nitrogen and oxygen atoms in total. The van der Waals surface area contributed by atoms with Gasteiger partial charge >= 0.3 is 71.7 Å². The zero-order valence-electron chi connectivity index (χ0n) is 32.5. The van der Waals surface area contributed by atoms with E-state index in [1.54, 1.807) is 0 Å². The predicted octanol–water partition coefficient (Wildman–Crippen LogP) is -0.0132. The van der Waals surface area contributed by atoms with Crippen molar-refractivity contribution in [1.82, 2.24) is 0 Å². The maximum atomic E-state index is 10.9. The Morgan fingerprint density at radius 1 is 0.352 bits per heavy atom. The van der Waals surface area contributed by atoms with Gasteiger partial charge < -0.3 is 58.6 Å². The number of esters is 4. The van der Waals surface area contributed by atoms with Gasteiger partial charge in [0.25, 0.3) is 0 Å². The predicted molar refractivity (Wildman–Crippen MR) is 193 cm³/mol. The minimum atomic E-state index is -1.36. The van der Waals surface area contributed by atoms with Gasteiger partial charge in [-0.15, -0.1) is 0 Å². The Kier molecular flexibility index (Phi) is 76.5.